The molecule has 2 heterocycles. The lowest BCUT2D eigenvalue weighted by atomic mass is 10.0. The highest BCUT2D eigenvalue weighted by molar-refractivity contribution is 5.99. The molecule has 1 aliphatic rings. The van der Waals surface area contributed by atoms with Crippen molar-refractivity contribution in [2.24, 2.45) is 0 Å². The Morgan fingerprint density at radius 3 is 2.36 bits per heavy atom. The molecule has 3 amide bonds. The number of alkyl halides is 3. The van der Waals surface area contributed by atoms with E-state index in [1.165, 1.54) is 12.1 Å². The normalized spacial score (nSPS) is 14.2. The number of carboxylic acid groups (broad SMARTS) is 1. The van der Waals surface area contributed by atoms with Gasteiger partial charge in [0.1, 0.15) is 5.69 Å². The maximum Gasteiger partial charge on any atom is 0.416 e. The number of amides is 3. The van der Waals surface area contributed by atoms with Crippen molar-refractivity contribution in [1.29, 1.82) is 5.26 Å². The molecule has 12 heteroatoms. The Labute approximate surface area is 221 Å². The van der Waals surface area contributed by atoms with Gasteiger partial charge in [-0.25, -0.2) is 4.79 Å². The molecule has 0 atom stereocenters. The number of nitrogens with zero attached hydrogens (tertiary/aromatic N) is 3. The minimum absolute atomic E-state index is 0.0296. The van der Waals surface area contributed by atoms with Gasteiger partial charge in [-0.2, -0.15) is 18.4 Å². The van der Waals surface area contributed by atoms with E-state index in [0.29, 0.717) is 53.7 Å². The zero-order valence-corrected chi connectivity index (χ0v) is 20.8. The summed E-state index contributed by atoms with van der Waals surface area (Å²) in [5.41, 5.74) is 1.09. The van der Waals surface area contributed by atoms with Gasteiger partial charge in [0.25, 0.3) is 5.91 Å². The summed E-state index contributed by atoms with van der Waals surface area (Å²) in [5, 5.41) is 23.8. The highest BCUT2D eigenvalue weighted by Crippen LogP contribution is 2.30. The third-order valence-electron chi connectivity index (χ3n) is 6.69. The van der Waals surface area contributed by atoms with E-state index in [-0.39, 0.29) is 37.4 Å². The lowest BCUT2D eigenvalue weighted by Gasteiger charge is -2.32. The number of fused-ring (bicyclic) bond motifs is 1. The molecule has 204 valence electrons. The van der Waals surface area contributed by atoms with E-state index in [9.17, 15) is 32.8 Å². The molecule has 3 N–H and O–H groups in total. The molecule has 0 bridgehead atoms. The van der Waals surface area contributed by atoms with Crippen molar-refractivity contribution in [1.82, 2.24) is 20.1 Å². The van der Waals surface area contributed by atoms with Crippen LogP contribution in [0.15, 0.2) is 48.5 Å². The third-order valence-corrected chi connectivity index (χ3v) is 6.69. The van der Waals surface area contributed by atoms with Crippen LogP contribution in [0.3, 0.4) is 0 Å². The molecular weight excluding hydrogens is 515 g/mol. The van der Waals surface area contributed by atoms with Gasteiger partial charge in [-0.3, -0.25) is 9.59 Å². The number of carbonyl (C=O) groups is 3. The number of benzene rings is 2. The summed E-state index contributed by atoms with van der Waals surface area (Å²) >= 11 is 0. The van der Waals surface area contributed by atoms with E-state index < -0.39 is 17.8 Å². The van der Waals surface area contributed by atoms with Crippen LogP contribution in [-0.2, 0) is 17.5 Å². The molecule has 1 aromatic heterocycles. The third kappa shape index (κ3) is 6.67. The highest BCUT2D eigenvalue weighted by Gasteiger charge is 2.30. The lowest BCUT2D eigenvalue weighted by Crippen LogP contribution is -2.47. The number of hydrogen-bond acceptors (Lipinski definition) is 4. The number of nitriles is 1. The number of piperidine rings is 1. The van der Waals surface area contributed by atoms with Gasteiger partial charge < -0.3 is 25.2 Å². The summed E-state index contributed by atoms with van der Waals surface area (Å²) in [4.78, 5) is 37.8. The monoisotopic (exact) mass is 541 g/mol. The van der Waals surface area contributed by atoms with Crippen LogP contribution in [0.25, 0.3) is 10.9 Å². The molecular formula is C27H26F3N5O4. The van der Waals surface area contributed by atoms with Crippen LogP contribution in [0.2, 0.25) is 0 Å². The van der Waals surface area contributed by atoms with Crippen LogP contribution in [0.1, 0.15) is 46.4 Å². The van der Waals surface area contributed by atoms with E-state index >= 15 is 0 Å². The number of carbonyl (C=O) groups excluding carboxylic acids is 2. The van der Waals surface area contributed by atoms with Crippen LogP contribution in [0.5, 0.6) is 0 Å². The summed E-state index contributed by atoms with van der Waals surface area (Å²) in [6, 6.07) is 13.3. The first-order valence-corrected chi connectivity index (χ1v) is 12.3. The maximum absolute atomic E-state index is 13.4. The van der Waals surface area contributed by atoms with Crippen molar-refractivity contribution in [3.63, 3.8) is 0 Å². The van der Waals surface area contributed by atoms with E-state index in [0.717, 1.165) is 12.1 Å². The Hall–Kier alpha value is -4.53. The Morgan fingerprint density at radius 2 is 1.74 bits per heavy atom. The van der Waals surface area contributed by atoms with Crippen LogP contribution in [0, 0.1) is 11.3 Å². The Balaban J connectivity index is 1.49. The molecule has 1 fully saturated rings. The minimum Gasteiger partial charge on any atom is -0.465 e. The van der Waals surface area contributed by atoms with Gasteiger partial charge in [0.05, 0.1) is 22.7 Å². The van der Waals surface area contributed by atoms with Crippen molar-refractivity contribution in [2.75, 3.05) is 19.6 Å². The molecule has 0 unspecified atom stereocenters. The first-order valence-electron chi connectivity index (χ1n) is 12.3. The average Bonchev–Trinajstić information content (AvgIpc) is 3.26. The topological polar surface area (TPSA) is 127 Å². The Bertz CT molecular complexity index is 1420. The summed E-state index contributed by atoms with van der Waals surface area (Å²) in [6.45, 7) is 0.978. The Morgan fingerprint density at radius 1 is 1.05 bits per heavy atom. The zero-order valence-electron chi connectivity index (χ0n) is 20.8. The predicted octanol–water partition coefficient (Wildman–Crippen LogP) is 3.96. The van der Waals surface area contributed by atoms with E-state index in [1.54, 1.807) is 33.7 Å². The van der Waals surface area contributed by atoms with E-state index in [4.69, 9.17) is 5.11 Å². The number of halogens is 3. The Kier molecular flexibility index (Phi) is 8.09. The number of rotatable bonds is 7. The summed E-state index contributed by atoms with van der Waals surface area (Å²) < 4.78 is 40.7. The fraction of sp³-hybridized carbons (Fsp3) is 0.333. The number of aromatic nitrogens is 1. The zero-order chi connectivity index (χ0) is 28.2. The fourth-order valence-corrected chi connectivity index (χ4v) is 4.63. The van der Waals surface area contributed by atoms with Gasteiger partial charge in [0.15, 0.2) is 0 Å². The van der Waals surface area contributed by atoms with Crippen molar-refractivity contribution < 1.29 is 32.7 Å². The number of hydrogen-bond donors (Lipinski definition) is 3. The smallest absolute Gasteiger partial charge is 0.416 e. The molecule has 3 aromatic rings. The molecule has 0 aliphatic carbocycles. The summed E-state index contributed by atoms with van der Waals surface area (Å²) in [7, 11) is 0. The van der Waals surface area contributed by atoms with Gasteiger partial charge in [0, 0.05) is 44.0 Å². The second kappa shape index (κ2) is 11.5. The van der Waals surface area contributed by atoms with Gasteiger partial charge in [0.2, 0.25) is 5.91 Å². The van der Waals surface area contributed by atoms with E-state index in [1.807, 2.05) is 0 Å². The van der Waals surface area contributed by atoms with Crippen LogP contribution in [-0.4, -0.2) is 58.2 Å². The first-order chi connectivity index (χ1) is 18.5. The number of nitrogens with one attached hydrogen (secondary N) is 2. The minimum atomic E-state index is -4.46. The average molecular weight is 542 g/mol. The van der Waals surface area contributed by atoms with Crippen molar-refractivity contribution >= 4 is 28.8 Å². The molecule has 1 saturated heterocycles. The van der Waals surface area contributed by atoms with Crippen LogP contribution < -0.4 is 10.6 Å². The standard InChI is InChI=1S/C27H26F3N5O4/c28-27(29,30)20-5-2-17(3-6-20)16-35-22-13-18(15-31)1-4-19(22)14-23(35)25(37)33-21-8-11-34(12-9-21)24(36)7-10-32-26(38)39/h1-6,13-14,21,32H,7-12,16H2,(H,33,37)(H,38,39). The molecule has 0 saturated carbocycles. The second-order valence-corrected chi connectivity index (χ2v) is 9.31. The van der Waals surface area contributed by atoms with Gasteiger partial charge in [-0.05, 0) is 48.7 Å². The molecule has 9 nitrogen and oxygen atoms in total. The largest absolute Gasteiger partial charge is 0.465 e. The second-order valence-electron chi connectivity index (χ2n) is 9.31. The van der Waals surface area contributed by atoms with Crippen molar-refractivity contribution in [3.05, 3.63) is 70.9 Å². The highest BCUT2D eigenvalue weighted by atomic mass is 19.4. The van der Waals surface area contributed by atoms with Gasteiger partial charge in [-0.1, -0.05) is 18.2 Å². The SMILES string of the molecule is N#Cc1ccc2cc(C(=O)NC3CCN(C(=O)CCNC(=O)O)CC3)n(Cc3ccc(C(F)(F)F)cc3)c2c1. The molecule has 39 heavy (non-hydrogen) atoms. The first kappa shape index (κ1) is 27.5. The maximum atomic E-state index is 13.4. The van der Waals surface area contributed by atoms with Crippen molar-refractivity contribution in [3.8, 4) is 6.07 Å². The van der Waals surface area contributed by atoms with Gasteiger partial charge in [-0.15, -0.1) is 0 Å². The lowest BCUT2D eigenvalue weighted by molar-refractivity contribution is -0.137. The molecule has 0 spiro atoms. The molecule has 2 aromatic carbocycles. The quantitative estimate of drug-likeness (QED) is 0.417. The molecule has 1 aliphatic heterocycles. The summed E-state index contributed by atoms with van der Waals surface area (Å²) in [6.07, 6.45) is -4.56. The van der Waals surface area contributed by atoms with Gasteiger partial charge >= 0.3 is 12.3 Å². The van der Waals surface area contributed by atoms with Crippen LogP contribution in [0.4, 0.5) is 18.0 Å². The van der Waals surface area contributed by atoms with Crippen molar-refractivity contribution in [2.45, 2.75) is 38.0 Å². The molecule has 4 rings (SSSR count). The summed E-state index contributed by atoms with van der Waals surface area (Å²) in [5.74, 6) is -0.537. The van der Waals surface area contributed by atoms with E-state index in [2.05, 4.69) is 16.7 Å². The fourth-order valence-electron chi connectivity index (χ4n) is 4.63. The van der Waals surface area contributed by atoms with Crippen LogP contribution >= 0.6 is 0 Å². The number of likely N-dealkylation sites (tertiary alicyclic amines) is 1. The predicted molar refractivity (Wildman–Crippen MR) is 135 cm³/mol. The molecule has 0 radical (unpaired) electrons.